The molecule has 1 aromatic heterocycles. The fraction of sp³-hybridized carbons (Fsp3) is 0.571. The lowest BCUT2D eigenvalue weighted by Gasteiger charge is -2.39. The van der Waals surface area contributed by atoms with Gasteiger partial charge in [-0.05, 0) is 33.6 Å². The Bertz CT molecular complexity index is 818. The molecule has 150 valence electrons. The van der Waals surface area contributed by atoms with E-state index in [4.69, 9.17) is 9.26 Å². The quantitative estimate of drug-likeness (QED) is 0.807. The van der Waals surface area contributed by atoms with Crippen molar-refractivity contribution in [1.82, 2.24) is 19.9 Å². The first-order valence-corrected chi connectivity index (χ1v) is 10.0. The smallest absolute Gasteiger partial charge is 0.254 e. The molecule has 1 aromatic carbocycles. The van der Waals surface area contributed by atoms with Gasteiger partial charge in [0.05, 0.1) is 6.04 Å². The summed E-state index contributed by atoms with van der Waals surface area (Å²) in [6, 6.07) is 8.11. The zero-order valence-corrected chi connectivity index (χ0v) is 16.9. The Morgan fingerprint density at radius 1 is 1.18 bits per heavy atom. The number of piperazine rings is 1. The van der Waals surface area contributed by atoms with Crippen LogP contribution in [0.5, 0.6) is 0 Å². The van der Waals surface area contributed by atoms with E-state index in [2.05, 4.69) is 28.9 Å². The molecule has 0 bridgehead atoms. The first-order valence-electron chi connectivity index (χ1n) is 10.0. The van der Waals surface area contributed by atoms with Gasteiger partial charge in [-0.1, -0.05) is 35.0 Å². The Morgan fingerprint density at radius 2 is 1.89 bits per heavy atom. The van der Waals surface area contributed by atoms with Crippen LogP contribution in [-0.2, 0) is 9.53 Å². The molecule has 7 nitrogen and oxygen atoms in total. The minimum atomic E-state index is -0.636. The van der Waals surface area contributed by atoms with Crippen LogP contribution in [0.3, 0.4) is 0 Å². The lowest BCUT2D eigenvalue weighted by molar-refractivity contribution is -0.153. The van der Waals surface area contributed by atoms with Crippen LogP contribution in [0.4, 0.5) is 0 Å². The fourth-order valence-electron chi connectivity index (χ4n) is 3.98. The lowest BCUT2D eigenvalue weighted by atomic mass is 10.0. The topological polar surface area (TPSA) is 71.7 Å². The van der Waals surface area contributed by atoms with Crippen LogP contribution >= 0.6 is 0 Å². The Hall–Kier alpha value is -2.25. The predicted molar refractivity (Wildman–Crippen MR) is 105 cm³/mol. The third kappa shape index (κ3) is 3.69. The van der Waals surface area contributed by atoms with Gasteiger partial charge < -0.3 is 14.2 Å². The molecule has 0 unspecified atom stereocenters. The highest BCUT2D eigenvalue weighted by Crippen LogP contribution is 2.29. The Labute approximate surface area is 165 Å². The van der Waals surface area contributed by atoms with Crippen molar-refractivity contribution in [3.8, 4) is 11.4 Å². The van der Waals surface area contributed by atoms with Gasteiger partial charge >= 0.3 is 0 Å². The third-order valence-corrected chi connectivity index (χ3v) is 5.93. The molecule has 0 N–H and O–H groups in total. The monoisotopic (exact) mass is 384 g/mol. The van der Waals surface area contributed by atoms with Crippen molar-refractivity contribution in [2.75, 3.05) is 32.8 Å². The van der Waals surface area contributed by atoms with E-state index in [1.54, 1.807) is 0 Å². The number of carbonyl (C=O) groups excluding carboxylic acids is 1. The number of ether oxygens (including phenoxy) is 1. The standard InChI is InChI=1S/C21H28N4O3/c1-15-5-7-17(8-6-15)18-22-19(28-23-18)16(2)24-10-12-25(13-11-24)20(26)21(3)9-4-14-27-21/h5-8,16H,4,9-14H2,1-3H3/t16-,21-/m1/s1. The molecule has 2 atom stereocenters. The number of hydrogen-bond donors (Lipinski definition) is 0. The van der Waals surface area contributed by atoms with Crippen LogP contribution in [0.25, 0.3) is 11.4 Å². The predicted octanol–water partition coefficient (Wildman–Crippen LogP) is 2.82. The van der Waals surface area contributed by atoms with E-state index in [9.17, 15) is 4.79 Å². The van der Waals surface area contributed by atoms with E-state index in [1.807, 2.05) is 36.1 Å². The largest absolute Gasteiger partial charge is 0.365 e. The molecule has 3 heterocycles. The van der Waals surface area contributed by atoms with Gasteiger partial charge in [0.1, 0.15) is 5.60 Å². The van der Waals surface area contributed by atoms with Gasteiger partial charge in [0.2, 0.25) is 11.7 Å². The molecule has 2 saturated heterocycles. The summed E-state index contributed by atoms with van der Waals surface area (Å²) >= 11 is 0. The minimum Gasteiger partial charge on any atom is -0.365 e. The first-order chi connectivity index (χ1) is 13.5. The number of aryl methyl sites for hydroxylation is 1. The summed E-state index contributed by atoms with van der Waals surface area (Å²) in [7, 11) is 0. The molecule has 0 aliphatic carbocycles. The average Bonchev–Trinajstić information content (AvgIpc) is 3.38. The number of benzene rings is 1. The zero-order valence-electron chi connectivity index (χ0n) is 16.9. The summed E-state index contributed by atoms with van der Waals surface area (Å²) in [5, 5.41) is 4.14. The SMILES string of the molecule is Cc1ccc(-c2noc([C@@H](C)N3CCN(C(=O)[C@@]4(C)CCCO4)CC3)n2)cc1. The molecular weight excluding hydrogens is 356 g/mol. The molecule has 0 spiro atoms. The average molecular weight is 384 g/mol. The summed E-state index contributed by atoms with van der Waals surface area (Å²) in [4.78, 5) is 21.6. The van der Waals surface area contributed by atoms with E-state index >= 15 is 0 Å². The Morgan fingerprint density at radius 3 is 2.54 bits per heavy atom. The van der Waals surface area contributed by atoms with Crippen molar-refractivity contribution < 1.29 is 14.1 Å². The van der Waals surface area contributed by atoms with E-state index in [0.29, 0.717) is 31.4 Å². The lowest BCUT2D eigenvalue weighted by Crippen LogP contribution is -2.55. The molecule has 1 amide bonds. The van der Waals surface area contributed by atoms with Crippen molar-refractivity contribution in [3.63, 3.8) is 0 Å². The number of rotatable bonds is 4. The molecule has 2 fully saturated rings. The second kappa shape index (κ2) is 7.64. The molecule has 7 heteroatoms. The van der Waals surface area contributed by atoms with Crippen LogP contribution in [0.1, 0.15) is 44.2 Å². The van der Waals surface area contributed by atoms with Crippen molar-refractivity contribution in [1.29, 1.82) is 0 Å². The van der Waals surface area contributed by atoms with Gasteiger partial charge in [0.15, 0.2) is 0 Å². The van der Waals surface area contributed by atoms with Gasteiger partial charge in [0.25, 0.3) is 5.91 Å². The van der Waals surface area contributed by atoms with E-state index in [-0.39, 0.29) is 11.9 Å². The highest BCUT2D eigenvalue weighted by Gasteiger charge is 2.41. The second-order valence-corrected chi connectivity index (χ2v) is 8.01. The maximum absolute atomic E-state index is 12.8. The van der Waals surface area contributed by atoms with Crippen molar-refractivity contribution in [2.24, 2.45) is 0 Å². The van der Waals surface area contributed by atoms with E-state index in [1.165, 1.54) is 5.56 Å². The summed E-state index contributed by atoms with van der Waals surface area (Å²) in [6.45, 7) is 9.68. The van der Waals surface area contributed by atoms with Crippen LogP contribution in [0.15, 0.2) is 28.8 Å². The summed E-state index contributed by atoms with van der Waals surface area (Å²) in [6.07, 6.45) is 1.77. The molecule has 2 aromatic rings. The van der Waals surface area contributed by atoms with Gasteiger partial charge in [0, 0.05) is 38.3 Å². The van der Waals surface area contributed by atoms with E-state index in [0.717, 1.165) is 31.5 Å². The summed E-state index contributed by atoms with van der Waals surface area (Å²) in [5.74, 6) is 1.35. The molecule has 0 radical (unpaired) electrons. The van der Waals surface area contributed by atoms with Crippen molar-refractivity contribution in [3.05, 3.63) is 35.7 Å². The number of carbonyl (C=O) groups is 1. The highest BCUT2D eigenvalue weighted by atomic mass is 16.5. The normalized spacial score (nSPS) is 24.5. The second-order valence-electron chi connectivity index (χ2n) is 8.01. The number of amides is 1. The molecule has 4 rings (SSSR count). The molecule has 2 aliphatic rings. The number of nitrogens with zero attached hydrogens (tertiary/aromatic N) is 4. The summed E-state index contributed by atoms with van der Waals surface area (Å²) < 4.78 is 11.2. The van der Waals surface area contributed by atoms with Crippen LogP contribution in [0, 0.1) is 6.92 Å². The van der Waals surface area contributed by atoms with Crippen molar-refractivity contribution >= 4 is 5.91 Å². The Kier molecular flexibility index (Phi) is 5.21. The van der Waals surface area contributed by atoms with Crippen LogP contribution in [-0.4, -0.2) is 64.2 Å². The van der Waals surface area contributed by atoms with Crippen molar-refractivity contribution in [2.45, 2.75) is 45.3 Å². The van der Waals surface area contributed by atoms with E-state index < -0.39 is 5.60 Å². The number of aromatic nitrogens is 2. The van der Waals surface area contributed by atoms with Gasteiger partial charge in [-0.25, -0.2) is 0 Å². The van der Waals surface area contributed by atoms with Gasteiger partial charge in [-0.15, -0.1) is 0 Å². The number of hydrogen-bond acceptors (Lipinski definition) is 6. The third-order valence-electron chi connectivity index (χ3n) is 5.93. The maximum atomic E-state index is 12.8. The Balaban J connectivity index is 1.37. The van der Waals surface area contributed by atoms with Crippen LogP contribution in [0.2, 0.25) is 0 Å². The van der Waals surface area contributed by atoms with Gasteiger partial charge in [-0.3, -0.25) is 9.69 Å². The van der Waals surface area contributed by atoms with Crippen LogP contribution < -0.4 is 0 Å². The highest BCUT2D eigenvalue weighted by molar-refractivity contribution is 5.85. The maximum Gasteiger partial charge on any atom is 0.254 e. The first kappa shape index (κ1) is 19.1. The molecule has 0 saturated carbocycles. The molecular formula is C21H28N4O3. The molecule has 28 heavy (non-hydrogen) atoms. The fourth-order valence-corrected chi connectivity index (χ4v) is 3.98. The summed E-state index contributed by atoms with van der Waals surface area (Å²) in [5.41, 5.74) is 1.52. The van der Waals surface area contributed by atoms with Gasteiger partial charge in [-0.2, -0.15) is 4.98 Å². The molecule has 2 aliphatic heterocycles. The minimum absolute atomic E-state index is 0.0160. The zero-order chi connectivity index (χ0) is 19.7.